The van der Waals surface area contributed by atoms with Gasteiger partial charge in [-0.05, 0) is 67.5 Å². The van der Waals surface area contributed by atoms with Crippen LogP contribution in [0.2, 0.25) is 0 Å². The number of amides is 9. The summed E-state index contributed by atoms with van der Waals surface area (Å²) in [5.74, 6) is -13.1. The summed E-state index contributed by atoms with van der Waals surface area (Å²) >= 11 is 0. The molecule has 0 unspecified atom stereocenters. The van der Waals surface area contributed by atoms with Gasteiger partial charge in [-0.1, -0.05) is 52.0 Å². The second-order valence-electron chi connectivity index (χ2n) is 16.8. The molecule has 2 aromatic rings. The topological polar surface area (TPSA) is 417 Å². The minimum atomic E-state index is -1.93. The number of hydrogen-bond acceptors (Lipinski definition) is 14. The molecule has 25 nitrogen and oxygen atoms in total. The van der Waals surface area contributed by atoms with Gasteiger partial charge in [-0.25, -0.2) is 4.79 Å². The van der Waals surface area contributed by atoms with Crippen molar-refractivity contribution < 1.29 is 73.2 Å². The molecule has 16 N–H and O–H groups in total. The summed E-state index contributed by atoms with van der Waals surface area (Å²) in [6.07, 6.45) is -2.12. The molecule has 378 valence electrons. The highest BCUT2D eigenvalue weighted by atomic mass is 16.4. The molecule has 0 heterocycles. The van der Waals surface area contributed by atoms with E-state index >= 15 is 0 Å². The second-order valence-corrected chi connectivity index (χ2v) is 16.8. The fourth-order valence-corrected chi connectivity index (χ4v) is 6.30. The largest absolute Gasteiger partial charge is 0.508 e. The number of nitrogens with two attached hydrogens (primary N) is 2. The van der Waals surface area contributed by atoms with E-state index in [1.807, 2.05) is 0 Å². The molecule has 0 radical (unpaired) electrons. The first kappa shape index (κ1) is 57.3. The zero-order chi connectivity index (χ0) is 52.3. The second kappa shape index (κ2) is 27.1. The van der Waals surface area contributed by atoms with Crippen molar-refractivity contribution in [1.29, 1.82) is 0 Å². The average molecular weight is 971 g/mol. The van der Waals surface area contributed by atoms with Crippen LogP contribution >= 0.6 is 0 Å². The van der Waals surface area contributed by atoms with Gasteiger partial charge in [0.2, 0.25) is 53.2 Å². The smallest absolute Gasteiger partial charge is 0.326 e. The Bertz CT molecular complexity index is 2190. The first-order chi connectivity index (χ1) is 32.2. The molecule has 0 aromatic heterocycles. The molecule has 0 aliphatic heterocycles. The lowest BCUT2D eigenvalue weighted by atomic mass is 9.99. The SMILES string of the molecule is CC(C)[C@H](NC(=O)[C@H](C)NC(=O)CNC(=O)[C@H](C)NC(=O)[C@@H](N)Cc1ccc(O)cc1)C(=O)N[C@H](C(=O)N[C@@H](CC(N)=O)C(=O)N[C@@H](CC(=O)O)C(=O)N[C@@H](Cc1ccc(O)cc1)C(=O)O)C(C)C. The summed E-state index contributed by atoms with van der Waals surface area (Å²) in [4.78, 5) is 141. The van der Waals surface area contributed by atoms with Crippen LogP contribution < -0.4 is 54.0 Å². The number of rotatable bonds is 27. The van der Waals surface area contributed by atoms with E-state index in [0.29, 0.717) is 11.1 Å². The third-order valence-corrected chi connectivity index (χ3v) is 10.2. The van der Waals surface area contributed by atoms with Crippen molar-refractivity contribution in [1.82, 2.24) is 42.5 Å². The molecular weight excluding hydrogens is 909 g/mol. The average Bonchev–Trinajstić information content (AvgIpc) is 3.26. The van der Waals surface area contributed by atoms with Crippen LogP contribution in [-0.2, 0) is 65.6 Å². The van der Waals surface area contributed by atoms with Crippen LogP contribution in [-0.4, -0.2) is 140 Å². The van der Waals surface area contributed by atoms with Gasteiger partial charge in [0.25, 0.3) is 0 Å². The molecule has 0 spiro atoms. The number of primary amides is 1. The molecular formula is C44H62N10O15. The quantitative estimate of drug-likeness (QED) is 0.0413. The summed E-state index contributed by atoms with van der Waals surface area (Å²) in [6, 6.07) is -0.183. The highest BCUT2D eigenvalue weighted by Gasteiger charge is 2.36. The molecule has 2 aromatic carbocycles. The molecule has 25 heteroatoms. The van der Waals surface area contributed by atoms with Gasteiger partial charge in [0.15, 0.2) is 0 Å². The van der Waals surface area contributed by atoms with Gasteiger partial charge in [0.05, 0.1) is 25.4 Å². The fraction of sp³-hybridized carbons (Fsp3) is 0.477. The molecule has 0 bridgehead atoms. The Kier molecular flexibility index (Phi) is 22.5. The van der Waals surface area contributed by atoms with E-state index in [-0.39, 0.29) is 24.3 Å². The van der Waals surface area contributed by atoms with Crippen LogP contribution in [0.15, 0.2) is 48.5 Å². The van der Waals surface area contributed by atoms with Crippen molar-refractivity contribution in [3.05, 3.63) is 59.7 Å². The van der Waals surface area contributed by atoms with Crippen LogP contribution in [0.3, 0.4) is 0 Å². The molecule has 69 heavy (non-hydrogen) atoms. The number of carboxylic acids is 2. The van der Waals surface area contributed by atoms with Crippen LogP contribution in [0.1, 0.15) is 65.5 Å². The Morgan fingerprint density at radius 2 is 0.913 bits per heavy atom. The van der Waals surface area contributed by atoms with Gasteiger partial charge in [-0.15, -0.1) is 0 Å². The van der Waals surface area contributed by atoms with Gasteiger partial charge < -0.3 is 74.4 Å². The van der Waals surface area contributed by atoms with Crippen molar-refractivity contribution in [2.24, 2.45) is 23.3 Å². The zero-order valence-corrected chi connectivity index (χ0v) is 38.9. The Labute approximate surface area is 396 Å². The number of carbonyl (C=O) groups is 11. The van der Waals surface area contributed by atoms with E-state index in [9.17, 15) is 73.2 Å². The highest BCUT2D eigenvalue weighted by molar-refractivity contribution is 5.99. The van der Waals surface area contributed by atoms with Crippen molar-refractivity contribution in [2.75, 3.05) is 6.54 Å². The predicted octanol–water partition coefficient (Wildman–Crippen LogP) is -3.49. The monoisotopic (exact) mass is 970 g/mol. The van der Waals surface area contributed by atoms with Crippen LogP contribution in [0.4, 0.5) is 0 Å². The Morgan fingerprint density at radius 1 is 0.493 bits per heavy atom. The van der Waals surface area contributed by atoms with Gasteiger partial charge >= 0.3 is 11.9 Å². The van der Waals surface area contributed by atoms with E-state index in [0.717, 1.165) is 0 Å². The summed E-state index contributed by atoms with van der Waals surface area (Å²) in [5.41, 5.74) is 12.3. The Hall–Kier alpha value is -7.83. The van der Waals surface area contributed by atoms with Crippen molar-refractivity contribution in [2.45, 2.75) is 116 Å². The fourth-order valence-electron chi connectivity index (χ4n) is 6.30. The molecule has 2 rings (SSSR count). The minimum Gasteiger partial charge on any atom is -0.508 e. The molecule has 0 aliphatic rings. The van der Waals surface area contributed by atoms with Crippen molar-refractivity contribution in [3.63, 3.8) is 0 Å². The number of benzene rings is 2. The van der Waals surface area contributed by atoms with E-state index in [1.165, 1.54) is 64.1 Å². The first-order valence-electron chi connectivity index (χ1n) is 21.6. The van der Waals surface area contributed by atoms with E-state index in [1.54, 1.807) is 26.0 Å². The number of aromatic hydroxyl groups is 2. The van der Waals surface area contributed by atoms with Crippen molar-refractivity contribution in [3.8, 4) is 11.5 Å². The number of nitrogens with one attached hydrogen (secondary N) is 8. The summed E-state index contributed by atoms with van der Waals surface area (Å²) in [5, 5.41) is 56.9. The zero-order valence-electron chi connectivity index (χ0n) is 38.9. The number of aliphatic carboxylic acids is 2. The van der Waals surface area contributed by atoms with Gasteiger partial charge in [-0.2, -0.15) is 0 Å². The molecule has 0 fully saturated rings. The Morgan fingerprint density at radius 3 is 1.38 bits per heavy atom. The Balaban J connectivity index is 2.06. The third-order valence-electron chi connectivity index (χ3n) is 10.2. The molecule has 0 saturated heterocycles. The molecule has 0 aliphatic carbocycles. The van der Waals surface area contributed by atoms with Crippen LogP contribution in [0.5, 0.6) is 11.5 Å². The number of carbonyl (C=O) groups excluding carboxylic acids is 9. The lowest BCUT2D eigenvalue weighted by Crippen LogP contribution is -2.61. The maximum absolute atomic E-state index is 13.7. The van der Waals surface area contributed by atoms with Gasteiger partial charge in [0.1, 0.15) is 53.8 Å². The van der Waals surface area contributed by atoms with E-state index < -0.39 is 145 Å². The molecule has 9 amide bonds. The normalized spacial score (nSPS) is 14.4. The summed E-state index contributed by atoms with van der Waals surface area (Å²) < 4.78 is 0. The van der Waals surface area contributed by atoms with Gasteiger partial charge in [-0.3, -0.25) is 47.9 Å². The van der Waals surface area contributed by atoms with Crippen molar-refractivity contribution >= 4 is 65.1 Å². The number of hydrogen-bond donors (Lipinski definition) is 14. The third kappa shape index (κ3) is 19.9. The maximum Gasteiger partial charge on any atom is 0.326 e. The molecule has 0 saturated carbocycles. The minimum absolute atomic E-state index is 0.0367. The lowest BCUT2D eigenvalue weighted by Gasteiger charge is -2.29. The predicted molar refractivity (Wildman–Crippen MR) is 243 cm³/mol. The summed E-state index contributed by atoms with van der Waals surface area (Å²) in [6.45, 7) is 8.21. The van der Waals surface area contributed by atoms with Crippen LogP contribution in [0, 0.1) is 11.8 Å². The highest BCUT2D eigenvalue weighted by Crippen LogP contribution is 2.14. The van der Waals surface area contributed by atoms with E-state index in [2.05, 4.69) is 42.5 Å². The lowest BCUT2D eigenvalue weighted by molar-refractivity contribution is -0.144. The maximum atomic E-state index is 13.7. The van der Waals surface area contributed by atoms with E-state index in [4.69, 9.17) is 11.5 Å². The molecule has 8 atom stereocenters. The number of phenols is 2. The number of carboxylic acid groups (broad SMARTS) is 2. The standard InChI is InChI=1S/C44H62N10O15/c1-20(2)35(42(66)51-29(17-32(46)57)40(64)50-30(18-34(59)60)41(65)52-31(44(68)69)16-25-9-13-27(56)14-10-25)54-43(67)36(21(3)4)53-38(62)23(6)48-33(58)19-47-37(61)22(5)49-39(63)28(45)15-24-7-11-26(55)12-8-24/h7-14,20-23,28-31,35-36,55-56H,15-19,45H2,1-6H3,(H2,46,57)(H,47,61)(H,48,58)(H,49,63)(H,50,64)(H,51,66)(H,52,65)(H,53,62)(H,54,67)(H,59,60)(H,68,69)/t22-,23-,28-,29-,30-,31-,35-,36-/m0/s1. The summed E-state index contributed by atoms with van der Waals surface area (Å²) in [7, 11) is 0. The first-order valence-corrected chi connectivity index (χ1v) is 21.6. The number of phenolic OH excluding ortho intramolecular Hbond substituents is 2. The van der Waals surface area contributed by atoms with Gasteiger partial charge in [0, 0.05) is 6.42 Å². The van der Waals surface area contributed by atoms with Crippen LogP contribution in [0.25, 0.3) is 0 Å².